The van der Waals surface area contributed by atoms with Crippen molar-refractivity contribution in [3.05, 3.63) is 0 Å². The lowest BCUT2D eigenvalue weighted by Gasteiger charge is -2.43. The van der Waals surface area contributed by atoms with Crippen molar-refractivity contribution >= 4 is 18.2 Å². The number of hydrogen-bond donors (Lipinski definition) is 0. The molecule has 0 spiro atoms. The maximum Gasteiger partial charge on any atom is 0.303 e. The van der Waals surface area contributed by atoms with Gasteiger partial charge in [0.25, 0.3) is 0 Å². The average Bonchev–Trinajstić information content (AvgIpc) is 2.36. The van der Waals surface area contributed by atoms with Crippen LogP contribution < -0.4 is 0 Å². The molecule has 1 aliphatic heterocycles. The Bertz CT molecular complexity index is 367. The number of rotatable bonds is 5. The van der Waals surface area contributed by atoms with Crippen LogP contribution in [0.1, 0.15) is 34.1 Å². The van der Waals surface area contributed by atoms with Crippen LogP contribution >= 0.6 is 0 Å². The number of aldehydes is 1. The average molecular weight is 286 g/mol. The highest BCUT2D eigenvalue weighted by atomic mass is 16.6. The number of carbonyl (C=O) groups is 3. The van der Waals surface area contributed by atoms with Crippen molar-refractivity contribution in [3.63, 3.8) is 0 Å². The van der Waals surface area contributed by atoms with Crippen LogP contribution in [0.5, 0.6) is 0 Å². The summed E-state index contributed by atoms with van der Waals surface area (Å²) in [6.07, 6.45) is -0.198. The van der Waals surface area contributed by atoms with E-state index in [0.717, 1.165) is 6.29 Å². The molecule has 0 N–H and O–H groups in total. The fourth-order valence-electron chi connectivity index (χ4n) is 2.48. The van der Waals surface area contributed by atoms with Crippen LogP contribution in [0.15, 0.2) is 0 Å². The number of esters is 2. The molecule has 1 heterocycles. The van der Waals surface area contributed by atoms with Gasteiger partial charge in [-0.25, -0.2) is 0 Å². The van der Waals surface area contributed by atoms with E-state index in [9.17, 15) is 14.4 Å². The van der Waals surface area contributed by atoms with Gasteiger partial charge in [-0.2, -0.15) is 0 Å². The highest BCUT2D eigenvalue weighted by molar-refractivity contribution is 5.66. The number of hydrogen-bond acceptors (Lipinski definition) is 6. The third-order valence-corrected chi connectivity index (χ3v) is 3.73. The maximum atomic E-state index is 11.2. The topological polar surface area (TPSA) is 78.9 Å². The Hall–Kier alpha value is -1.43. The van der Waals surface area contributed by atoms with E-state index in [1.54, 1.807) is 0 Å². The molecule has 0 unspecified atom stereocenters. The van der Waals surface area contributed by atoms with Gasteiger partial charge in [-0.3, -0.25) is 9.59 Å². The lowest BCUT2D eigenvalue weighted by Crippen LogP contribution is -2.52. The van der Waals surface area contributed by atoms with Crippen LogP contribution in [0, 0.1) is 11.8 Å². The quantitative estimate of drug-likeness (QED) is 0.556. The van der Waals surface area contributed by atoms with Gasteiger partial charge in [0.05, 0.1) is 6.10 Å². The summed E-state index contributed by atoms with van der Waals surface area (Å²) in [6.45, 7) is 6.55. The lowest BCUT2D eigenvalue weighted by atomic mass is 9.80. The van der Waals surface area contributed by atoms with Gasteiger partial charge in [0.15, 0.2) is 0 Å². The fraction of sp³-hybridized carbons (Fsp3) is 0.786. The summed E-state index contributed by atoms with van der Waals surface area (Å²) in [5.41, 5.74) is 0. The Labute approximate surface area is 118 Å². The van der Waals surface area contributed by atoms with E-state index >= 15 is 0 Å². The summed E-state index contributed by atoms with van der Waals surface area (Å²) >= 11 is 0. The Morgan fingerprint density at radius 3 is 2.25 bits per heavy atom. The highest BCUT2D eigenvalue weighted by Gasteiger charge is 2.43. The molecular formula is C14H22O6. The van der Waals surface area contributed by atoms with Crippen molar-refractivity contribution in [2.45, 2.75) is 52.4 Å². The van der Waals surface area contributed by atoms with Crippen LogP contribution in [0.3, 0.4) is 0 Å². The first-order valence-electron chi connectivity index (χ1n) is 6.76. The Kier molecular flexibility index (Phi) is 6.13. The molecular weight excluding hydrogens is 264 g/mol. The number of ether oxygens (including phenoxy) is 3. The Morgan fingerprint density at radius 2 is 1.75 bits per heavy atom. The minimum atomic E-state index is -0.543. The van der Waals surface area contributed by atoms with Gasteiger partial charge in [-0.15, -0.1) is 0 Å². The summed E-state index contributed by atoms with van der Waals surface area (Å²) in [5, 5.41) is 0. The molecule has 20 heavy (non-hydrogen) atoms. The molecule has 0 bridgehead atoms. The minimum Gasteiger partial charge on any atom is -0.463 e. The predicted octanol–water partition coefficient (Wildman–Crippen LogP) is 1.11. The number of carbonyl (C=O) groups excluding carboxylic acids is 3. The van der Waals surface area contributed by atoms with Gasteiger partial charge >= 0.3 is 11.9 Å². The van der Waals surface area contributed by atoms with Gasteiger partial charge < -0.3 is 19.0 Å². The highest BCUT2D eigenvalue weighted by Crippen LogP contribution is 2.34. The lowest BCUT2D eigenvalue weighted by molar-refractivity contribution is -0.205. The van der Waals surface area contributed by atoms with Gasteiger partial charge in [-0.05, 0) is 5.92 Å². The molecule has 5 atom stereocenters. The molecule has 1 aliphatic rings. The summed E-state index contributed by atoms with van der Waals surface area (Å²) in [5.74, 6) is -0.746. The van der Waals surface area contributed by atoms with Crippen molar-refractivity contribution in [1.29, 1.82) is 0 Å². The zero-order chi connectivity index (χ0) is 15.3. The molecule has 0 amide bonds. The van der Waals surface area contributed by atoms with Crippen LogP contribution in [0.2, 0.25) is 0 Å². The SMILES string of the molecule is CC(=O)OC[C@H]1O[C@H](CC=O)[C@H](C)[C@@H](C)[C@H]1OC(C)=O. The standard InChI is InChI=1S/C14H22O6/c1-8-9(2)14(19-11(4)17)13(7-18-10(3)16)20-12(8)5-6-15/h6,8-9,12-14H,5,7H2,1-4H3/t8-,9-,12-,13-,14-/m1/s1. The van der Waals surface area contributed by atoms with Crippen LogP contribution in [0.25, 0.3) is 0 Å². The fourth-order valence-corrected chi connectivity index (χ4v) is 2.48. The molecule has 0 aromatic rings. The van der Waals surface area contributed by atoms with Gasteiger partial charge in [0, 0.05) is 26.2 Å². The molecule has 6 nitrogen and oxygen atoms in total. The van der Waals surface area contributed by atoms with E-state index in [0.29, 0.717) is 0 Å². The zero-order valence-corrected chi connectivity index (χ0v) is 12.3. The van der Waals surface area contributed by atoms with Crippen molar-refractivity contribution in [3.8, 4) is 0 Å². The molecule has 0 aromatic heterocycles. The molecule has 0 aliphatic carbocycles. The van der Waals surface area contributed by atoms with E-state index < -0.39 is 24.1 Å². The van der Waals surface area contributed by atoms with Gasteiger partial charge in [0.2, 0.25) is 0 Å². The summed E-state index contributed by atoms with van der Waals surface area (Å²) in [7, 11) is 0. The van der Waals surface area contributed by atoms with Gasteiger partial charge in [0.1, 0.15) is 25.1 Å². The van der Waals surface area contributed by atoms with E-state index in [-0.39, 0.29) is 31.0 Å². The molecule has 114 valence electrons. The largest absolute Gasteiger partial charge is 0.463 e. The van der Waals surface area contributed by atoms with Crippen LogP contribution in [-0.2, 0) is 28.6 Å². The minimum absolute atomic E-state index is 0.0122. The summed E-state index contributed by atoms with van der Waals surface area (Å²) < 4.78 is 16.0. The summed E-state index contributed by atoms with van der Waals surface area (Å²) in [6, 6.07) is 0. The third kappa shape index (κ3) is 4.30. The molecule has 0 radical (unpaired) electrons. The Balaban J connectivity index is 2.83. The van der Waals surface area contributed by atoms with E-state index in [1.807, 2.05) is 13.8 Å². The van der Waals surface area contributed by atoms with Gasteiger partial charge in [-0.1, -0.05) is 13.8 Å². The monoisotopic (exact) mass is 286 g/mol. The normalized spacial score (nSPS) is 33.3. The van der Waals surface area contributed by atoms with Crippen molar-refractivity contribution < 1.29 is 28.6 Å². The van der Waals surface area contributed by atoms with Crippen molar-refractivity contribution in [2.24, 2.45) is 11.8 Å². The first-order valence-corrected chi connectivity index (χ1v) is 6.76. The maximum absolute atomic E-state index is 11.2. The smallest absolute Gasteiger partial charge is 0.303 e. The van der Waals surface area contributed by atoms with Crippen molar-refractivity contribution in [1.82, 2.24) is 0 Å². The first-order chi connectivity index (χ1) is 9.36. The second-order valence-electron chi connectivity index (χ2n) is 5.21. The molecule has 0 saturated carbocycles. The summed E-state index contributed by atoms with van der Waals surface area (Å²) in [4.78, 5) is 32.8. The first kappa shape index (κ1) is 16.6. The Morgan fingerprint density at radius 1 is 1.10 bits per heavy atom. The van der Waals surface area contributed by atoms with E-state index in [2.05, 4.69) is 0 Å². The van der Waals surface area contributed by atoms with E-state index in [1.165, 1.54) is 13.8 Å². The predicted molar refractivity (Wildman–Crippen MR) is 69.9 cm³/mol. The van der Waals surface area contributed by atoms with Crippen LogP contribution in [-0.4, -0.2) is 43.1 Å². The van der Waals surface area contributed by atoms with Crippen molar-refractivity contribution in [2.75, 3.05) is 6.61 Å². The molecule has 1 saturated heterocycles. The second-order valence-corrected chi connectivity index (χ2v) is 5.21. The zero-order valence-electron chi connectivity index (χ0n) is 12.3. The molecule has 1 rings (SSSR count). The molecule has 6 heteroatoms. The molecule has 0 aromatic carbocycles. The van der Waals surface area contributed by atoms with Crippen LogP contribution in [0.4, 0.5) is 0 Å². The molecule has 1 fully saturated rings. The second kappa shape index (κ2) is 7.38. The third-order valence-electron chi connectivity index (χ3n) is 3.73. The van der Waals surface area contributed by atoms with E-state index in [4.69, 9.17) is 14.2 Å².